The molecule has 0 saturated carbocycles. The second kappa shape index (κ2) is 7.76. The molecule has 6 nitrogen and oxygen atoms in total. The Labute approximate surface area is 192 Å². The predicted octanol–water partition coefficient (Wildman–Crippen LogP) is 4.67. The highest BCUT2D eigenvalue weighted by molar-refractivity contribution is 9.10. The monoisotopic (exact) mass is 487 g/mol. The third-order valence-corrected chi connectivity index (χ3v) is 6.04. The summed E-state index contributed by atoms with van der Waals surface area (Å²) in [5.74, 6) is 0.909. The lowest BCUT2D eigenvalue weighted by Gasteiger charge is -2.13. The van der Waals surface area contributed by atoms with Crippen molar-refractivity contribution >= 4 is 50.1 Å². The Morgan fingerprint density at radius 2 is 1.75 bits per heavy atom. The molecule has 3 aromatic carbocycles. The van der Waals surface area contributed by atoms with Crippen LogP contribution in [0.1, 0.15) is 11.4 Å². The summed E-state index contributed by atoms with van der Waals surface area (Å²) in [6.07, 6.45) is 1.69. The number of likely N-dealkylation sites (N-methyl/N-ethyl adjacent to an activating group) is 1. The lowest BCUT2D eigenvalue weighted by atomic mass is 10.1. The molecule has 32 heavy (non-hydrogen) atoms. The van der Waals surface area contributed by atoms with E-state index in [2.05, 4.69) is 15.9 Å². The van der Waals surface area contributed by atoms with E-state index >= 15 is 0 Å². The van der Waals surface area contributed by atoms with E-state index in [-0.39, 0.29) is 11.5 Å². The van der Waals surface area contributed by atoms with E-state index in [4.69, 9.17) is 9.72 Å². The van der Waals surface area contributed by atoms with Gasteiger partial charge in [0.15, 0.2) is 0 Å². The van der Waals surface area contributed by atoms with Crippen LogP contribution >= 0.6 is 15.9 Å². The molecule has 0 saturated heterocycles. The Morgan fingerprint density at radius 1 is 1.00 bits per heavy atom. The Morgan fingerprint density at radius 3 is 2.50 bits per heavy atom. The smallest absolute Gasteiger partial charge is 0.266 e. The summed E-state index contributed by atoms with van der Waals surface area (Å²) >= 11 is 3.49. The number of nitrogens with zero attached hydrogens (tertiary/aromatic N) is 3. The SMILES string of the molecule is COc1ccc(-n2c(C=C3C(=O)N(C)c4ccc(Br)cc43)nc3ccccc3c2=O)cc1. The van der Waals surface area contributed by atoms with E-state index in [1.54, 1.807) is 61.5 Å². The van der Waals surface area contributed by atoms with Crippen molar-refractivity contribution in [1.82, 2.24) is 9.55 Å². The highest BCUT2D eigenvalue weighted by Crippen LogP contribution is 2.38. The van der Waals surface area contributed by atoms with Crippen molar-refractivity contribution in [2.75, 3.05) is 19.1 Å². The molecule has 1 amide bonds. The predicted molar refractivity (Wildman–Crippen MR) is 129 cm³/mol. The van der Waals surface area contributed by atoms with Crippen LogP contribution < -0.4 is 15.2 Å². The third-order valence-electron chi connectivity index (χ3n) is 5.55. The van der Waals surface area contributed by atoms with Gasteiger partial charge in [0.2, 0.25) is 0 Å². The van der Waals surface area contributed by atoms with Crippen molar-refractivity contribution in [1.29, 1.82) is 0 Å². The molecule has 158 valence electrons. The Kier molecular flexibility index (Phi) is 4.90. The molecule has 0 bridgehead atoms. The average molecular weight is 488 g/mol. The first-order valence-electron chi connectivity index (χ1n) is 9.94. The fourth-order valence-corrected chi connectivity index (χ4v) is 4.28. The first kappa shape index (κ1) is 20.2. The Balaban J connectivity index is 1.80. The zero-order valence-corrected chi connectivity index (χ0v) is 19.0. The zero-order chi connectivity index (χ0) is 22.4. The number of anilines is 1. The number of carbonyl (C=O) groups is 1. The number of hydrogen-bond donors (Lipinski definition) is 0. The zero-order valence-electron chi connectivity index (χ0n) is 17.4. The van der Waals surface area contributed by atoms with Crippen LogP contribution in [-0.4, -0.2) is 29.6 Å². The Hall–Kier alpha value is -3.71. The lowest BCUT2D eigenvalue weighted by molar-refractivity contribution is -0.112. The molecule has 4 aromatic rings. The number of aromatic nitrogens is 2. The Bertz CT molecular complexity index is 1470. The van der Waals surface area contributed by atoms with E-state index in [0.717, 1.165) is 15.7 Å². The second-order valence-corrected chi connectivity index (χ2v) is 8.33. The molecule has 7 heteroatoms. The van der Waals surface area contributed by atoms with Crippen molar-refractivity contribution in [2.24, 2.45) is 0 Å². The maximum absolute atomic E-state index is 13.5. The summed E-state index contributed by atoms with van der Waals surface area (Å²) in [7, 11) is 3.33. The number of fused-ring (bicyclic) bond motifs is 2. The first-order chi connectivity index (χ1) is 15.5. The molecule has 0 unspecified atom stereocenters. The highest BCUT2D eigenvalue weighted by atomic mass is 79.9. The average Bonchev–Trinajstić information content (AvgIpc) is 3.03. The summed E-state index contributed by atoms with van der Waals surface area (Å²) in [6, 6.07) is 20.1. The minimum atomic E-state index is -0.208. The van der Waals surface area contributed by atoms with Crippen molar-refractivity contribution < 1.29 is 9.53 Å². The van der Waals surface area contributed by atoms with Gasteiger partial charge >= 0.3 is 0 Å². The van der Waals surface area contributed by atoms with Gasteiger partial charge in [0.1, 0.15) is 11.6 Å². The number of methoxy groups -OCH3 is 1. The van der Waals surface area contributed by atoms with Crippen LogP contribution in [-0.2, 0) is 4.79 Å². The number of carbonyl (C=O) groups excluding carboxylic acids is 1. The van der Waals surface area contributed by atoms with Crippen molar-refractivity contribution in [3.8, 4) is 11.4 Å². The van der Waals surface area contributed by atoms with Gasteiger partial charge in [-0.25, -0.2) is 4.98 Å². The topological polar surface area (TPSA) is 64.4 Å². The fourth-order valence-electron chi connectivity index (χ4n) is 3.92. The van der Waals surface area contributed by atoms with Crippen LogP contribution in [0.4, 0.5) is 5.69 Å². The van der Waals surface area contributed by atoms with E-state index in [1.165, 1.54) is 4.57 Å². The molecule has 0 N–H and O–H groups in total. The number of rotatable bonds is 3. The van der Waals surface area contributed by atoms with Gasteiger partial charge in [-0.05, 0) is 60.7 Å². The van der Waals surface area contributed by atoms with Crippen LogP contribution in [0.5, 0.6) is 5.75 Å². The normalized spacial score (nSPS) is 14.3. The molecule has 0 fully saturated rings. The van der Waals surface area contributed by atoms with E-state index in [9.17, 15) is 9.59 Å². The van der Waals surface area contributed by atoms with Crippen molar-refractivity contribution in [2.45, 2.75) is 0 Å². The summed E-state index contributed by atoms with van der Waals surface area (Å²) in [6.45, 7) is 0. The summed E-state index contributed by atoms with van der Waals surface area (Å²) in [5.41, 5.74) is 3.07. The first-order valence-corrected chi connectivity index (χ1v) is 10.7. The molecule has 2 heterocycles. The van der Waals surface area contributed by atoms with Gasteiger partial charge in [0.05, 0.1) is 35.0 Å². The van der Waals surface area contributed by atoms with Gasteiger partial charge in [-0.1, -0.05) is 28.1 Å². The van der Waals surface area contributed by atoms with E-state index < -0.39 is 0 Å². The minimum absolute atomic E-state index is 0.151. The number of para-hydroxylation sites is 1. The molecule has 5 rings (SSSR count). The third kappa shape index (κ3) is 3.22. The van der Waals surface area contributed by atoms with Gasteiger partial charge in [0.25, 0.3) is 11.5 Å². The standard InChI is InChI=1S/C25H18BrN3O3/c1-28-22-12-7-15(26)13-19(22)20(24(28)30)14-23-27-21-6-4-3-5-18(21)25(31)29(23)16-8-10-17(32-2)11-9-16/h3-14H,1-2H3. The molecule has 1 aromatic heterocycles. The van der Waals surface area contributed by atoms with E-state index in [0.29, 0.717) is 33.7 Å². The van der Waals surface area contributed by atoms with Gasteiger partial charge in [-0.15, -0.1) is 0 Å². The number of benzene rings is 3. The molecular formula is C25H18BrN3O3. The van der Waals surface area contributed by atoms with Crippen LogP contribution in [0.3, 0.4) is 0 Å². The van der Waals surface area contributed by atoms with Crippen LogP contribution in [0, 0.1) is 0 Å². The molecular weight excluding hydrogens is 470 g/mol. The van der Waals surface area contributed by atoms with Crippen LogP contribution in [0.15, 0.2) is 76.0 Å². The van der Waals surface area contributed by atoms with Crippen molar-refractivity contribution in [3.05, 3.63) is 92.9 Å². The maximum Gasteiger partial charge on any atom is 0.266 e. The highest BCUT2D eigenvalue weighted by Gasteiger charge is 2.30. The summed E-state index contributed by atoms with van der Waals surface area (Å²) in [4.78, 5) is 32.9. The van der Waals surface area contributed by atoms with E-state index in [1.807, 2.05) is 30.3 Å². The van der Waals surface area contributed by atoms with Crippen LogP contribution in [0.25, 0.3) is 28.2 Å². The van der Waals surface area contributed by atoms with Crippen molar-refractivity contribution in [3.63, 3.8) is 0 Å². The van der Waals surface area contributed by atoms with Gasteiger partial charge in [-0.3, -0.25) is 14.2 Å². The number of hydrogen-bond acceptors (Lipinski definition) is 4. The molecule has 1 aliphatic rings. The molecule has 1 aliphatic heterocycles. The van der Waals surface area contributed by atoms with Crippen LogP contribution in [0.2, 0.25) is 0 Å². The second-order valence-electron chi connectivity index (χ2n) is 7.41. The molecule has 0 aliphatic carbocycles. The summed E-state index contributed by atoms with van der Waals surface area (Å²) in [5, 5.41) is 0.503. The maximum atomic E-state index is 13.5. The van der Waals surface area contributed by atoms with Gasteiger partial charge in [0, 0.05) is 17.1 Å². The van der Waals surface area contributed by atoms with Gasteiger partial charge < -0.3 is 9.64 Å². The lowest BCUT2D eigenvalue weighted by Crippen LogP contribution is -2.23. The van der Waals surface area contributed by atoms with Gasteiger partial charge in [-0.2, -0.15) is 0 Å². The number of ether oxygens (including phenoxy) is 1. The quantitative estimate of drug-likeness (QED) is 0.393. The minimum Gasteiger partial charge on any atom is -0.497 e. The fraction of sp³-hybridized carbons (Fsp3) is 0.0800. The molecule has 0 atom stereocenters. The summed E-state index contributed by atoms with van der Waals surface area (Å²) < 4.78 is 7.64. The molecule has 0 spiro atoms. The number of halogens is 1. The number of amides is 1. The largest absolute Gasteiger partial charge is 0.497 e. The molecule has 0 radical (unpaired) electrons.